The second-order valence-corrected chi connectivity index (χ2v) is 7.81. The number of carbonyl (C=O) groups is 1. The number of nitriles is 1. The van der Waals surface area contributed by atoms with Crippen LogP contribution in [0.1, 0.15) is 75.8 Å². The lowest BCUT2D eigenvalue weighted by molar-refractivity contribution is -0.123. The van der Waals surface area contributed by atoms with Gasteiger partial charge in [-0.1, -0.05) is 62.6 Å². The zero-order valence-corrected chi connectivity index (χ0v) is 16.6. The van der Waals surface area contributed by atoms with Crippen molar-refractivity contribution >= 4 is 5.78 Å². The van der Waals surface area contributed by atoms with Gasteiger partial charge in [0.1, 0.15) is 5.78 Å². The van der Waals surface area contributed by atoms with Crippen molar-refractivity contribution in [2.75, 3.05) is 0 Å². The molecule has 3 heteroatoms. The topological polar surface area (TPSA) is 61.1 Å². The molecule has 0 heterocycles. The predicted molar refractivity (Wildman–Crippen MR) is 109 cm³/mol. The molecule has 1 saturated carbocycles. The maximum absolute atomic E-state index is 12.8. The number of aryl methyl sites for hydroxylation is 1. The van der Waals surface area contributed by atoms with E-state index in [1.165, 1.54) is 11.1 Å². The molecule has 0 unspecified atom stereocenters. The SMILES string of the molecule is CCCCC[C@H](O)/C=C/[C@]1(Cc2ccccc2CCCC#N)CCCC1=O. The predicted octanol–water partition coefficient (Wildman–Crippen LogP) is 5.31. The highest BCUT2D eigenvalue weighted by Crippen LogP contribution is 2.40. The maximum atomic E-state index is 12.8. The van der Waals surface area contributed by atoms with Crippen molar-refractivity contribution in [3.8, 4) is 6.07 Å². The molecule has 3 nitrogen and oxygen atoms in total. The van der Waals surface area contributed by atoms with Crippen molar-refractivity contribution in [3.63, 3.8) is 0 Å². The molecule has 0 radical (unpaired) electrons. The highest BCUT2D eigenvalue weighted by atomic mass is 16.3. The number of Topliss-reactive ketones (excluding diaryl/α,β-unsaturated/α-hetero) is 1. The molecule has 1 N–H and O–H groups in total. The molecular formula is C24H33NO2. The molecule has 1 aliphatic carbocycles. The van der Waals surface area contributed by atoms with E-state index in [0.717, 1.165) is 51.4 Å². The van der Waals surface area contributed by atoms with Gasteiger partial charge in [0.2, 0.25) is 0 Å². The van der Waals surface area contributed by atoms with Crippen molar-refractivity contribution in [2.24, 2.45) is 5.41 Å². The van der Waals surface area contributed by atoms with Gasteiger partial charge in [-0.2, -0.15) is 5.26 Å². The number of carbonyl (C=O) groups excluding carboxylic acids is 1. The van der Waals surface area contributed by atoms with Crippen LogP contribution in [0.15, 0.2) is 36.4 Å². The number of nitrogens with zero attached hydrogens (tertiary/aromatic N) is 1. The fourth-order valence-corrected chi connectivity index (χ4v) is 4.04. The van der Waals surface area contributed by atoms with Gasteiger partial charge >= 0.3 is 0 Å². The van der Waals surface area contributed by atoms with Crippen molar-refractivity contribution in [3.05, 3.63) is 47.5 Å². The summed E-state index contributed by atoms with van der Waals surface area (Å²) in [5.74, 6) is 0.298. The molecule has 27 heavy (non-hydrogen) atoms. The summed E-state index contributed by atoms with van der Waals surface area (Å²) in [5.41, 5.74) is 1.97. The minimum absolute atomic E-state index is 0.298. The Morgan fingerprint density at radius 3 is 2.70 bits per heavy atom. The zero-order chi connectivity index (χ0) is 19.5. The van der Waals surface area contributed by atoms with E-state index in [-0.39, 0.29) is 0 Å². The first-order chi connectivity index (χ1) is 13.1. The molecule has 0 saturated heterocycles. The molecule has 0 aliphatic heterocycles. The Bertz CT molecular complexity index is 673. The Balaban J connectivity index is 2.13. The Morgan fingerprint density at radius 1 is 1.26 bits per heavy atom. The van der Waals surface area contributed by atoms with Crippen molar-refractivity contribution in [1.29, 1.82) is 5.26 Å². The van der Waals surface area contributed by atoms with Crippen molar-refractivity contribution in [1.82, 2.24) is 0 Å². The van der Waals surface area contributed by atoms with Gasteiger partial charge in [-0.3, -0.25) is 4.79 Å². The first-order valence-corrected chi connectivity index (χ1v) is 10.5. The third kappa shape index (κ3) is 6.33. The number of ketones is 1. The standard InChI is InChI=1S/C24H33NO2/c1-2-3-4-13-22(26)15-17-24(16-9-14-23(24)27)19-21-12-6-5-10-20(21)11-7-8-18-25/h5-6,10,12,15,17,22,26H,2-4,7-9,11,13-14,16,19H2,1H3/b17-15+/t22-,24-/m0/s1. The molecule has 0 bridgehead atoms. The fraction of sp³-hybridized carbons (Fsp3) is 0.583. The molecule has 1 aliphatic rings. The summed E-state index contributed by atoms with van der Waals surface area (Å²) in [6, 6.07) is 10.5. The van der Waals surface area contributed by atoms with Gasteiger partial charge in [0.15, 0.2) is 0 Å². The Labute approximate surface area is 164 Å². The van der Waals surface area contributed by atoms with Gasteiger partial charge in [-0.25, -0.2) is 0 Å². The van der Waals surface area contributed by atoms with E-state index < -0.39 is 11.5 Å². The van der Waals surface area contributed by atoms with Gasteiger partial charge in [-0.05, 0) is 49.7 Å². The number of hydrogen-bond acceptors (Lipinski definition) is 3. The van der Waals surface area contributed by atoms with E-state index in [9.17, 15) is 9.90 Å². The van der Waals surface area contributed by atoms with E-state index >= 15 is 0 Å². The summed E-state index contributed by atoms with van der Waals surface area (Å²) in [7, 11) is 0. The van der Waals surface area contributed by atoms with Crippen LogP contribution in [0.5, 0.6) is 0 Å². The summed E-state index contributed by atoms with van der Waals surface area (Å²) in [6.07, 6.45) is 12.8. The number of rotatable bonds is 11. The van der Waals surface area contributed by atoms with Gasteiger partial charge in [-0.15, -0.1) is 0 Å². The number of aliphatic hydroxyl groups is 1. The molecule has 0 aromatic heterocycles. The van der Waals surface area contributed by atoms with Gasteiger partial charge < -0.3 is 5.11 Å². The van der Waals surface area contributed by atoms with Crippen LogP contribution in [-0.2, 0) is 17.6 Å². The van der Waals surface area contributed by atoms with Crippen molar-refractivity contribution in [2.45, 2.75) is 83.7 Å². The zero-order valence-electron chi connectivity index (χ0n) is 16.6. The molecular weight excluding hydrogens is 334 g/mol. The third-order valence-corrected chi connectivity index (χ3v) is 5.68. The second-order valence-electron chi connectivity index (χ2n) is 7.81. The van der Waals surface area contributed by atoms with Crippen LogP contribution < -0.4 is 0 Å². The molecule has 0 spiro atoms. The summed E-state index contributed by atoms with van der Waals surface area (Å²) < 4.78 is 0. The largest absolute Gasteiger partial charge is 0.389 e. The molecule has 1 aromatic rings. The fourth-order valence-electron chi connectivity index (χ4n) is 4.04. The smallest absolute Gasteiger partial charge is 0.143 e. The lowest BCUT2D eigenvalue weighted by Gasteiger charge is -2.25. The van der Waals surface area contributed by atoms with E-state index in [2.05, 4.69) is 25.1 Å². The van der Waals surface area contributed by atoms with Gasteiger partial charge in [0.25, 0.3) is 0 Å². The Kier molecular flexibility index (Phi) is 8.75. The molecule has 0 amide bonds. The van der Waals surface area contributed by atoms with Crippen LogP contribution >= 0.6 is 0 Å². The van der Waals surface area contributed by atoms with Crippen LogP contribution in [0.3, 0.4) is 0 Å². The van der Waals surface area contributed by atoms with Crippen LogP contribution in [0.2, 0.25) is 0 Å². The average molecular weight is 368 g/mol. The molecule has 1 fully saturated rings. The van der Waals surface area contributed by atoms with E-state index in [1.54, 1.807) is 0 Å². The second kappa shape index (κ2) is 11.0. The highest BCUT2D eigenvalue weighted by Gasteiger charge is 2.40. The van der Waals surface area contributed by atoms with Crippen LogP contribution in [-0.4, -0.2) is 17.0 Å². The summed E-state index contributed by atoms with van der Waals surface area (Å²) in [6.45, 7) is 2.16. The number of hydrogen-bond donors (Lipinski definition) is 1. The number of unbranched alkanes of at least 4 members (excludes halogenated alkanes) is 3. The maximum Gasteiger partial charge on any atom is 0.143 e. The summed E-state index contributed by atoms with van der Waals surface area (Å²) in [5, 5.41) is 19.1. The number of allylic oxidation sites excluding steroid dienone is 1. The highest BCUT2D eigenvalue weighted by molar-refractivity contribution is 5.89. The van der Waals surface area contributed by atoms with Gasteiger partial charge in [0, 0.05) is 12.8 Å². The van der Waals surface area contributed by atoms with Crippen LogP contribution in [0, 0.1) is 16.7 Å². The Morgan fingerprint density at radius 2 is 2.04 bits per heavy atom. The minimum Gasteiger partial charge on any atom is -0.389 e. The minimum atomic E-state index is -0.475. The first kappa shape index (κ1) is 21.4. The van der Waals surface area contributed by atoms with E-state index in [1.807, 2.05) is 24.3 Å². The molecule has 1 aromatic carbocycles. The molecule has 146 valence electrons. The van der Waals surface area contributed by atoms with Gasteiger partial charge in [0.05, 0.1) is 17.6 Å². The normalized spacial score (nSPS) is 20.9. The number of aliphatic hydroxyl groups excluding tert-OH is 1. The van der Waals surface area contributed by atoms with Crippen molar-refractivity contribution < 1.29 is 9.90 Å². The van der Waals surface area contributed by atoms with E-state index in [0.29, 0.717) is 25.0 Å². The monoisotopic (exact) mass is 367 g/mol. The van der Waals surface area contributed by atoms with Crippen LogP contribution in [0.25, 0.3) is 0 Å². The van der Waals surface area contributed by atoms with Crippen LogP contribution in [0.4, 0.5) is 0 Å². The summed E-state index contributed by atoms with van der Waals surface area (Å²) in [4.78, 5) is 12.8. The molecule has 2 rings (SSSR count). The Hall–Kier alpha value is -1.92. The lowest BCUT2D eigenvalue weighted by Crippen LogP contribution is -2.27. The van der Waals surface area contributed by atoms with E-state index in [4.69, 9.17) is 5.26 Å². The quantitative estimate of drug-likeness (QED) is 0.426. The first-order valence-electron chi connectivity index (χ1n) is 10.5. The average Bonchev–Trinajstić information content (AvgIpc) is 3.02. The lowest BCUT2D eigenvalue weighted by atomic mass is 9.77. The number of benzene rings is 1. The summed E-state index contributed by atoms with van der Waals surface area (Å²) >= 11 is 0. The molecule has 2 atom stereocenters. The third-order valence-electron chi connectivity index (χ3n) is 5.68.